The number of ether oxygens (including phenoxy) is 1. The molecule has 0 radical (unpaired) electrons. The van der Waals surface area contributed by atoms with E-state index in [-0.39, 0.29) is 42.4 Å². The van der Waals surface area contributed by atoms with Crippen LogP contribution in [-0.4, -0.2) is 68.8 Å². The van der Waals surface area contributed by atoms with Crippen LogP contribution in [0.3, 0.4) is 0 Å². The number of piperazine rings is 1. The summed E-state index contributed by atoms with van der Waals surface area (Å²) in [6, 6.07) is 6.07. The molecule has 0 aromatic heterocycles. The maximum atomic E-state index is 12.6. The molecule has 0 bridgehead atoms. The summed E-state index contributed by atoms with van der Waals surface area (Å²) in [7, 11) is -3.65. The van der Waals surface area contributed by atoms with Crippen LogP contribution in [0.15, 0.2) is 41.1 Å². The van der Waals surface area contributed by atoms with Gasteiger partial charge in [0.05, 0.1) is 17.8 Å². The maximum absolute atomic E-state index is 12.6. The number of benzene rings is 1. The first-order valence-corrected chi connectivity index (χ1v) is 10.4. The number of amides is 1. The topological polar surface area (TPSA) is 92.9 Å². The minimum Gasteiger partial charge on any atom is -0.489 e. The van der Waals surface area contributed by atoms with E-state index in [1.54, 1.807) is 0 Å². The number of hydrogen-bond acceptors (Lipinski definition) is 6. The molecule has 1 heterocycles. The van der Waals surface area contributed by atoms with Crippen molar-refractivity contribution < 1.29 is 22.3 Å². The van der Waals surface area contributed by atoms with Crippen LogP contribution in [-0.2, 0) is 14.6 Å². The van der Waals surface area contributed by atoms with Crippen LogP contribution in [0, 0.1) is 0 Å². The third kappa shape index (κ3) is 5.75. The van der Waals surface area contributed by atoms with Gasteiger partial charge < -0.3 is 15.4 Å². The number of halogens is 1. The first kappa shape index (κ1) is 21.3. The van der Waals surface area contributed by atoms with Gasteiger partial charge in [0.2, 0.25) is 5.91 Å². The zero-order chi connectivity index (χ0) is 20.0. The largest absolute Gasteiger partial charge is 0.489 e. The molecule has 2 rings (SSSR count). The Bertz CT molecular complexity index is 778. The summed E-state index contributed by atoms with van der Waals surface area (Å²) in [4.78, 5) is 15.7. The van der Waals surface area contributed by atoms with Gasteiger partial charge in [0.1, 0.15) is 18.2 Å². The Hall–Kier alpha value is -1.97. The van der Waals surface area contributed by atoms with E-state index in [9.17, 15) is 17.6 Å². The Labute approximate surface area is 159 Å². The highest BCUT2D eigenvalue weighted by Crippen LogP contribution is 2.19. The van der Waals surface area contributed by atoms with Crippen LogP contribution in [0.4, 0.5) is 4.39 Å². The Morgan fingerprint density at radius 2 is 1.96 bits per heavy atom. The van der Waals surface area contributed by atoms with Crippen LogP contribution in [0.2, 0.25) is 0 Å². The highest BCUT2D eigenvalue weighted by Gasteiger charge is 2.29. The van der Waals surface area contributed by atoms with Gasteiger partial charge in [0.15, 0.2) is 9.84 Å². The van der Waals surface area contributed by atoms with Gasteiger partial charge in [0.25, 0.3) is 0 Å². The predicted octanol–water partition coefficient (Wildman–Crippen LogP) is 1.16. The fraction of sp³-hybridized carbons (Fsp3) is 0.500. The molecule has 0 atom stereocenters. The number of sulfone groups is 1. The molecule has 1 aliphatic heterocycles. The van der Waals surface area contributed by atoms with Crippen LogP contribution in [0.5, 0.6) is 5.75 Å². The fourth-order valence-corrected chi connectivity index (χ4v) is 4.02. The second kappa shape index (κ2) is 9.29. The molecule has 7 nitrogen and oxygen atoms in total. The fourth-order valence-electron chi connectivity index (χ4n) is 2.64. The highest BCUT2D eigenvalue weighted by molar-refractivity contribution is 7.91. The van der Waals surface area contributed by atoms with E-state index in [1.165, 1.54) is 29.2 Å². The van der Waals surface area contributed by atoms with E-state index in [4.69, 9.17) is 10.5 Å². The molecule has 2 N–H and O–H groups in total. The van der Waals surface area contributed by atoms with Gasteiger partial charge in [-0.15, -0.1) is 0 Å². The highest BCUT2D eigenvalue weighted by atomic mass is 32.2. The molecule has 0 aliphatic carbocycles. The second-order valence-corrected chi connectivity index (χ2v) is 8.66. The number of hydrogen-bond donors (Lipinski definition) is 1. The molecule has 1 aromatic carbocycles. The van der Waals surface area contributed by atoms with Gasteiger partial charge in [-0.25, -0.2) is 12.8 Å². The van der Waals surface area contributed by atoms with Crippen molar-refractivity contribution in [2.75, 3.05) is 38.7 Å². The van der Waals surface area contributed by atoms with E-state index in [2.05, 4.69) is 0 Å². The first-order valence-electron chi connectivity index (χ1n) is 8.72. The normalized spacial score (nSPS) is 16.9. The molecule has 150 valence electrons. The average molecular weight is 399 g/mol. The molecular weight excluding hydrogens is 373 g/mol. The lowest BCUT2D eigenvalue weighted by Crippen LogP contribution is -2.53. The number of carbonyl (C=O) groups is 1. The van der Waals surface area contributed by atoms with Crippen molar-refractivity contribution in [1.82, 2.24) is 9.80 Å². The van der Waals surface area contributed by atoms with Crippen LogP contribution in [0.1, 0.15) is 13.8 Å². The van der Waals surface area contributed by atoms with E-state index in [0.717, 1.165) is 0 Å². The molecule has 0 unspecified atom stereocenters. The molecule has 1 fully saturated rings. The van der Waals surface area contributed by atoms with Gasteiger partial charge in [0, 0.05) is 31.2 Å². The average Bonchev–Trinajstić information content (AvgIpc) is 2.64. The Balaban J connectivity index is 1.99. The molecule has 1 aliphatic rings. The second-order valence-electron chi connectivity index (χ2n) is 6.70. The van der Waals surface area contributed by atoms with Crippen LogP contribution < -0.4 is 10.5 Å². The molecule has 1 amide bonds. The molecule has 0 spiro atoms. The van der Waals surface area contributed by atoms with Crippen molar-refractivity contribution >= 4 is 15.7 Å². The maximum Gasteiger partial charge on any atom is 0.237 e. The molecule has 1 saturated heterocycles. The van der Waals surface area contributed by atoms with Crippen molar-refractivity contribution in [3.05, 3.63) is 36.2 Å². The summed E-state index contributed by atoms with van der Waals surface area (Å²) < 4.78 is 43.0. The van der Waals surface area contributed by atoms with Gasteiger partial charge in [-0.05, 0) is 38.1 Å². The number of nitrogens with zero attached hydrogens (tertiary/aromatic N) is 2. The van der Waals surface area contributed by atoms with E-state index < -0.39 is 9.84 Å². The Morgan fingerprint density at radius 1 is 1.30 bits per heavy atom. The monoisotopic (exact) mass is 399 g/mol. The van der Waals surface area contributed by atoms with Gasteiger partial charge in [-0.3, -0.25) is 9.69 Å². The molecule has 0 saturated carbocycles. The van der Waals surface area contributed by atoms with Gasteiger partial charge >= 0.3 is 0 Å². The lowest BCUT2D eigenvalue weighted by Gasteiger charge is -2.36. The summed E-state index contributed by atoms with van der Waals surface area (Å²) >= 11 is 0. The molecule has 27 heavy (non-hydrogen) atoms. The standard InChI is InChI=1S/C18H26FN3O4S/c1-14(2)21-7-8-22(18(23)11-21)13-27(24,25)17-5-3-16(4-6-17)26-12-15(9-19)10-20/h3-6,9,14H,7-8,10-13,20H2,1-2H3/b15-9+. The Kier molecular flexibility index (Phi) is 7.34. The third-order valence-electron chi connectivity index (χ3n) is 4.43. The first-order chi connectivity index (χ1) is 12.8. The van der Waals surface area contributed by atoms with Crippen molar-refractivity contribution in [2.24, 2.45) is 5.73 Å². The van der Waals surface area contributed by atoms with Gasteiger partial charge in [-0.2, -0.15) is 0 Å². The summed E-state index contributed by atoms with van der Waals surface area (Å²) in [6.07, 6.45) is 0.398. The van der Waals surface area contributed by atoms with Crippen molar-refractivity contribution in [3.63, 3.8) is 0 Å². The predicted molar refractivity (Wildman–Crippen MR) is 101 cm³/mol. The Morgan fingerprint density at radius 3 is 2.48 bits per heavy atom. The van der Waals surface area contributed by atoms with Crippen LogP contribution in [0.25, 0.3) is 0 Å². The van der Waals surface area contributed by atoms with Gasteiger partial charge in [-0.1, -0.05) is 0 Å². The SMILES string of the molecule is CC(C)N1CCN(CS(=O)(=O)c2ccc(OC/C(=C/F)CN)cc2)C(=O)C1. The van der Waals surface area contributed by atoms with Crippen molar-refractivity contribution in [1.29, 1.82) is 0 Å². The third-order valence-corrected chi connectivity index (χ3v) is 6.07. The summed E-state index contributed by atoms with van der Waals surface area (Å²) in [5.74, 6) is -0.131. The van der Waals surface area contributed by atoms with E-state index in [0.29, 0.717) is 30.7 Å². The summed E-state index contributed by atoms with van der Waals surface area (Å²) in [5.41, 5.74) is 5.65. The lowest BCUT2D eigenvalue weighted by atomic mass is 10.2. The van der Waals surface area contributed by atoms with Crippen LogP contribution >= 0.6 is 0 Å². The molecular formula is C18H26FN3O4S. The van der Waals surface area contributed by atoms with E-state index in [1.807, 2.05) is 18.7 Å². The summed E-state index contributed by atoms with van der Waals surface area (Å²) in [6.45, 7) is 5.30. The number of rotatable bonds is 8. The molecule has 9 heteroatoms. The number of carbonyl (C=O) groups excluding carboxylic acids is 1. The van der Waals surface area contributed by atoms with Crippen molar-refractivity contribution in [3.8, 4) is 5.75 Å². The minimum absolute atomic E-state index is 0.00622. The number of nitrogens with two attached hydrogens (primary N) is 1. The smallest absolute Gasteiger partial charge is 0.237 e. The lowest BCUT2D eigenvalue weighted by molar-refractivity contribution is -0.135. The quantitative estimate of drug-likeness (QED) is 0.705. The minimum atomic E-state index is -3.65. The van der Waals surface area contributed by atoms with Crippen molar-refractivity contribution in [2.45, 2.75) is 24.8 Å². The zero-order valence-electron chi connectivity index (χ0n) is 15.6. The summed E-state index contributed by atoms with van der Waals surface area (Å²) in [5, 5.41) is 0. The zero-order valence-corrected chi connectivity index (χ0v) is 16.4. The van der Waals surface area contributed by atoms with E-state index >= 15 is 0 Å². The molecule has 1 aromatic rings.